The summed E-state index contributed by atoms with van der Waals surface area (Å²) >= 11 is 0. The largest absolute Gasteiger partial charge is 0.508 e. The molecule has 2 aromatic carbocycles. The van der Waals surface area contributed by atoms with Crippen molar-refractivity contribution >= 4 is 17.6 Å². The first-order valence-corrected chi connectivity index (χ1v) is 9.51. The molecule has 0 aromatic heterocycles. The van der Waals surface area contributed by atoms with E-state index in [1.807, 2.05) is 36.4 Å². The van der Waals surface area contributed by atoms with E-state index in [4.69, 9.17) is 4.74 Å². The summed E-state index contributed by atoms with van der Waals surface area (Å²) in [6.07, 6.45) is 6.24. The van der Waals surface area contributed by atoms with E-state index >= 15 is 0 Å². The van der Waals surface area contributed by atoms with Gasteiger partial charge in [-0.3, -0.25) is 0 Å². The van der Waals surface area contributed by atoms with E-state index in [1.165, 1.54) is 18.3 Å². The lowest BCUT2D eigenvalue weighted by Crippen LogP contribution is -2.24. The number of esters is 1. The average molecular weight is 377 g/mol. The fourth-order valence-corrected chi connectivity index (χ4v) is 3.75. The third-order valence-corrected chi connectivity index (χ3v) is 5.03. The zero-order valence-electron chi connectivity index (χ0n) is 16.7. The highest BCUT2D eigenvalue weighted by atomic mass is 16.5. The summed E-state index contributed by atoms with van der Waals surface area (Å²) in [5.74, 6) is 0.338. The number of carbonyl (C=O) groups is 1. The number of ether oxygens (including phenoxy) is 1. The number of phenols is 1. The second-order valence-corrected chi connectivity index (χ2v) is 7.45. The van der Waals surface area contributed by atoms with Crippen LogP contribution in [0.15, 0.2) is 60.2 Å². The minimum Gasteiger partial charge on any atom is -0.508 e. The fraction of sp³-hybridized carbons (Fsp3) is 0.292. The Morgan fingerprint density at radius 2 is 2.00 bits per heavy atom. The topological polar surface area (TPSA) is 49.8 Å². The van der Waals surface area contributed by atoms with Gasteiger partial charge in [-0.15, -0.1) is 0 Å². The van der Waals surface area contributed by atoms with E-state index in [2.05, 4.69) is 31.1 Å². The molecule has 0 fully saturated rings. The molecule has 4 heteroatoms. The van der Waals surface area contributed by atoms with Crippen molar-refractivity contribution in [2.24, 2.45) is 5.92 Å². The lowest BCUT2D eigenvalue weighted by molar-refractivity contribution is 0.0600. The van der Waals surface area contributed by atoms with Crippen molar-refractivity contribution in [1.29, 1.82) is 0 Å². The second kappa shape index (κ2) is 8.89. The quantitative estimate of drug-likeness (QED) is 0.773. The van der Waals surface area contributed by atoms with Gasteiger partial charge >= 0.3 is 5.97 Å². The Morgan fingerprint density at radius 3 is 2.71 bits per heavy atom. The van der Waals surface area contributed by atoms with Gasteiger partial charge in [0, 0.05) is 6.54 Å². The Morgan fingerprint density at radius 1 is 1.21 bits per heavy atom. The lowest BCUT2D eigenvalue weighted by Gasteiger charge is -2.28. The van der Waals surface area contributed by atoms with Crippen LogP contribution in [0.1, 0.15) is 34.3 Å². The van der Waals surface area contributed by atoms with Crippen molar-refractivity contribution < 1.29 is 14.6 Å². The minimum atomic E-state index is -0.328. The summed E-state index contributed by atoms with van der Waals surface area (Å²) in [4.78, 5) is 14.3. The maximum Gasteiger partial charge on any atom is 0.338 e. The van der Waals surface area contributed by atoms with Gasteiger partial charge < -0.3 is 14.7 Å². The molecule has 1 N–H and O–H groups in total. The number of phenolic OH excluding ortho intramolecular Hbond substituents is 1. The van der Waals surface area contributed by atoms with Crippen LogP contribution in [-0.4, -0.2) is 43.7 Å². The third kappa shape index (κ3) is 4.70. The highest BCUT2D eigenvalue weighted by Crippen LogP contribution is 2.37. The number of allylic oxidation sites excluding steroid dienone is 2. The minimum absolute atomic E-state index is 0.272. The SMILES string of the molecule is COC(=O)c1ccccc1C=C1C=C(c2cccc(O)c2)C(CN(C)C)CC1. The molecule has 1 unspecified atom stereocenters. The van der Waals surface area contributed by atoms with Crippen LogP contribution >= 0.6 is 0 Å². The molecule has 0 spiro atoms. The third-order valence-electron chi connectivity index (χ3n) is 5.03. The Labute approximate surface area is 166 Å². The molecular weight excluding hydrogens is 350 g/mol. The lowest BCUT2D eigenvalue weighted by atomic mass is 9.81. The molecule has 4 nitrogen and oxygen atoms in total. The van der Waals surface area contributed by atoms with Crippen LogP contribution in [0, 0.1) is 5.92 Å². The van der Waals surface area contributed by atoms with Gasteiger partial charge in [0.25, 0.3) is 0 Å². The molecule has 1 atom stereocenters. The zero-order chi connectivity index (χ0) is 20.1. The molecule has 1 aliphatic carbocycles. The molecule has 28 heavy (non-hydrogen) atoms. The first-order valence-electron chi connectivity index (χ1n) is 9.51. The first-order chi connectivity index (χ1) is 13.5. The average Bonchev–Trinajstić information content (AvgIpc) is 2.68. The van der Waals surface area contributed by atoms with Gasteiger partial charge in [-0.05, 0) is 73.3 Å². The summed E-state index contributed by atoms with van der Waals surface area (Å²) in [7, 11) is 5.56. The molecular formula is C24H27NO3. The fourth-order valence-electron chi connectivity index (χ4n) is 3.75. The van der Waals surface area contributed by atoms with Gasteiger partial charge in [-0.2, -0.15) is 0 Å². The molecule has 0 radical (unpaired) electrons. The van der Waals surface area contributed by atoms with Crippen molar-refractivity contribution in [3.05, 3.63) is 76.9 Å². The zero-order valence-corrected chi connectivity index (χ0v) is 16.7. The van der Waals surface area contributed by atoms with E-state index in [9.17, 15) is 9.90 Å². The van der Waals surface area contributed by atoms with Crippen LogP contribution in [0.2, 0.25) is 0 Å². The summed E-state index contributed by atoms with van der Waals surface area (Å²) in [5.41, 5.74) is 4.86. The van der Waals surface area contributed by atoms with Gasteiger partial charge in [0.2, 0.25) is 0 Å². The molecule has 0 heterocycles. The Balaban J connectivity index is 2.02. The van der Waals surface area contributed by atoms with Gasteiger partial charge in [0.1, 0.15) is 5.75 Å². The highest BCUT2D eigenvalue weighted by molar-refractivity contribution is 5.94. The van der Waals surface area contributed by atoms with Crippen LogP contribution < -0.4 is 0 Å². The van der Waals surface area contributed by atoms with Crippen LogP contribution in [0.5, 0.6) is 5.75 Å². The molecule has 0 aliphatic heterocycles. The van der Waals surface area contributed by atoms with Gasteiger partial charge in [0.05, 0.1) is 12.7 Å². The Hall–Kier alpha value is -2.85. The van der Waals surface area contributed by atoms with Crippen molar-refractivity contribution in [2.75, 3.05) is 27.7 Å². The number of nitrogens with zero attached hydrogens (tertiary/aromatic N) is 1. The molecule has 3 rings (SSSR count). The normalized spacial score (nSPS) is 18.2. The van der Waals surface area contributed by atoms with Gasteiger partial charge in [-0.25, -0.2) is 4.79 Å². The van der Waals surface area contributed by atoms with E-state index in [-0.39, 0.29) is 11.7 Å². The van der Waals surface area contributed by atoms with Gasteiger partial charge in [0.15, 0.2) is 0 Å². The number of benzene rings is 2. The summed E-state index contributed by atoms with van der Waals surface area (Å²) in [5, 5.41) is 9.93. The smallest absolute Gasteiger partial charge is 0.338 e. The van der Waals surface area contributed by atoms with Crippen molar-refractivity contribution in [1.82, 2.24) is 4.90 Å². The van der Waals surface area contributed by atoms with Crippen LogP contribution in [-0.2, 0) is 4.74 Å². The Kier molecular flexibility index (Phi) is 6.32. The number of carbonyl (C=O) groups excluding carboxylic acids is 1. The van der Waals surface area contributed by atoms with Crippen LogP contribution in [0.3, 0.4) is 0 Å². The number of methoxy groups -OCH3 is 1. The van der Waals surface area contributed by atoms with Crippen molar-refractivity contribution in [3.8, 4) is 5.75 Å². The molecule has 146 valence electrons. The monoisotopic (exact) mass is 377 g/mol. The summed E-state index contributed by atoms with van der Waals surface area (Å²) < 4.78 is 4.91. The molecule has 0 bridgehead atoms. The van der Waals surface area contributed by atoms with Crippen molar-refractivity contribution in [3.63, 3.8) is 0 Å². The van der Waals surface area contributed by atoms with Gasteiger partial charge in [-0.1, -0.05) is 42.5 Å². The van der Waals surface area contributed by atoms with Crippen LogP contribution in [0.25, 0.3) is 11.6 Å². The van der Waals surface area contributed by atoms with Crippen LogP contribution in [0.4, 0.5) is 0 Å². The number of hydrogen-bond donors (Lipinski definition) is 1. The maximum atomic E-state index is 12.1. The predicted molar refractivity (Wildman–Crippen MR) is 113 cm³/mol. The maximum absolute atomic E-state index is 12.1. The predicted octanol–water partition coefficient (Wildman–Crippen LogP) is 4.62. The Bertz CT molecular complexity index is 912. The van der Waals surface area contributed by atoms with E-state index < -0.39 is 0 Å². The molecule has 0 saturated heterocycles. The first kappa shape index (κ1) is 19.9. The summed E-state index contributed by atoms with van der Waals surface area (Å²) in [6.45, 7) is 0.952. The van der Waals surface area contributed by atoms with E-state index in [1.54, 1.807) is 12.1 Å². The second-order valence-electron chi connectivity index (χ2n) is 7.45. The molecule has 1 aliphatic rings. The van der Waals surface area contributed by atoms with E-state index in [0.29, 0.717) is 11.5 Å². The van der Waals surface area contributed by atoms with Crippen molar-refractivity contribution in [2.45, 2.75) is 12.8 Å². The molecule has 0 amide bonds. The molecule has 2 aromatic rings. The summed E-state index contributed by atoms with van der Waals surface area (Å²) in [6, 6.07) is 14.9. The number of rotatable bonds is 5. The number of aromatic hydroxyl groups is 1. The molecule has 0 saturated carbocycles. The standard InChI is InChI=1S/C24H27NO3/c1-25(2)16-20-12-11-17(14-23(20)19-8-6-9-21(26)15-19)13-18-7-4-5-10-22(18)24(27)28-3/h4-10,13-15,20,26H,11-12,16H2,1-3H3. The van der Waals surface area contributed by atoms with E-state index in [0.717, 1.165) is 30.5 Å². The number of hydrogen-bond acceptors (Lipinski definition) is 4. The highest BCUT2D eigenvalue weighted by Gasteiger charge is 2.22.